The predicted octanol–water partition coefficient (Wildman–Crippen LogP) is 0.722. The lowest BCUT2D eigenvalue weighted by molar-refractivity contribution is 0.0664. The maximum atomic E-state index is 12.7. The largest absolute Gasteiger partial charge is 0.335 e. The fraction of sp³-hybridized carbons (Fsp3) is 0.533. The van der Waals surface area contributed by atoms with Crippen LogP contribution in [0.4, 0.5) is 0 Å². The summed E-state index contributed by atoms with van der Waals surface area (Å²) >= 11 is 0. The number of carbonyl (C=O) groups is 1. The molecule has 0 unspecified atom stereocenters. The van der Waals surface area contributed by atoms with Gasteiger partial charge in [0, 0.05) is 25.7 Å². The van der Waals surface area contributed by atoms with Gasteiger partial charge in [0.1, 0.15) is 18.3 Å². The van der Waals surface area contributed by atoms with Gasteiger partial charge in [-0.15, -0.1) is 0 Å². The van der Waals surface area contributed by atoms with Crippen molar-refractivity contribution >= 4 is 5.91 Å². The first kappa shape index (κ1) is 15.4. The zero-order valence-corrected chi connectivity index (χ0v) is 13.1. The summed E-state index contributed by atoms with van der Waals surface area (Å²) < 4.78 is 3.15. The molecule has 1 fully saturated rings. The Morgan fingerprint density at radius 2 is 2.26 bits per heavy atom. The molecule has 2 aromatic rings. The maximum absolute atomic E-state index is 12.7. The molecule has 1 aliphatic heterocycles. The van der Waals surface area contributed by atoms with Crippen LogP contribution >= 0.6 is 0 Å². The smallest absolute Gasteiger partial charge is 0.274 e. The van der Waals surface area contributed by atoms with Crippen LogP contribution in [0.25, 0.3) is 0 Å². The first-order valence-corrected chi connectivity index (χ1v) is 7.90. The molecule has 1 saturated heterocycles. The topological polar surface area (TPSA) is 85.9 Å². The van der Waals surface area contributed by atoms with Crippen molar-refractivity contribution in [2.75, 3.05) is 13.1 Å². The van der Waals surface area contributed by atoms with E-state index < -0.39 is 0 Å². The number of likely N-dealkylation sites (tertiary alicyclic amines) is 1. The van der Waals surface area contributed by atoms with Gasteiger partial charge in [0.15, 0.2) is 0 Å². The number of aromatic nitrogens is 5. The summed E-state index contributed by atoms with van der Waals surface area (Å²) in [7, 11) is 0. The molecular formula is C15H20N6O2. The summed E-state index contributed by atoms with van der Waals surface area (Å²) in [6, 6.07) is 3.06. The highest BCUT2D eigenvalue weighted by Crippen LogP contribution is 2.21. The quantitative estimate of drug-likeness (QED) is 0.829. The van der Waals surface area contributed by atoms with Crippen molar-refractivity contribution < 1.29 is 4.79 Å². The molecule has 3 heterocycles. The molecule has 0 radical (unpaired) electrons. The van der Waals surface area contributed by atoms with E-state index in [-0.39, 0.29) is 17.5 Å². The van der Waals surface area contributed by atoms with E-state index in [2.05, 4.69) is 15.2 Å². The zero-order valence-electron chi connectivity index (χ0n) is 13.1. The molecule has 1 aliphatic rings. The van der Waals surface area contributed by atoms with Crippen molar-refractivity contribution in [1.82, 2.24) is 29.4 Å². The number of hydrogen-bond acceptors (Lipinski definition) is 5. The SMILES string of the molecule is CCCn1nc(C(=O)N2CCC[C@@H](n3cncn3)C2)ccc1=O. The van der Waals surface area contributed by atoms with Crippen LogP contribution in [-0.2, 0) is 6.54 Å². The van der Waals surface area contributed by atoms with E-state index >= 15 is 0 Å². The fourth-order valence-electron chi connectivity index (χ4n) is 2.86. The lowest BCUT2D eigenvalue weighted by atomic mass is 10.1. The number of hydrogen-bond donors (Lipinski definition) is 0. The second kappa shape index (κ2) is 6.72. The fourth-order valence-corrected chi connectivity index (χ4v) is 2.86. The van der Waals surface area contributed by atoms with E-state index in [1.807, 2.05) is 6.92 Å². The first-order chi connectivity index (χ1) is 11.2. The Morgan fingerprint density at radius 3 is 3.00 bits per heavy atom. The average Bonchev–Trinajstić information content (AvgIpc) is 3.11. The van der Waals surface area contributed by atoms with E-state index in [1.165, 1.54) is 23.1 Å². The van der Waals surface area contributed by atoms with Crippen molar-refractivity contribution in [3.63, 3.8) is 0 Å². The highest BCUT2D eigenvalue weighted by Gasteiger charge is 2.26. The highest BCUT2D eigenvalue weighted by molar-refractivity contribution is 5.92. The maximum Gasteiger partial charge on any atom is 0.274 e. The van der Waals surface area contributed by atoms with Gasteiger partial charge >= 0.3 is 0 Å². The van der Waals surface area contributed by atoms with Crippen molar-refractivity contribution in [3.8, 4) is 0 Å². The van der Waals surface area contributed by atoms with Gasteiger partial charge in [0.25, 0.3) is 11.5 Å². The summed E-state index contributed by atoms with van der Waals surface area (Å²) in [5.74, 6) is -0.139. The third-order valence-electron chi connectivity index (χ3n) is 4.02. The van der Waals surface area contributed by atoms with E-state index in [0.717, 1.165) is 19.3 Å². The average molecular weight is 316 g/mol. The second-order valence-corrected chi connectivity index (χ2v) is 5.70. The van der Waals surface area contributed by atoms with Gasteiger partial charge in [-0.05, 0) is 25.3 Å². The van der Waals surface area contributed by atoms with Gasteiger partial charge in [0.05, 0.1) is 6.04 Å². The molecule has 2 aromatic heterocycles. The van der Waals surface area contributed by atoms with E-state index in [0.29, 0.717) is 25.3 Å². The van der Waals surface area contributed by atoms with Gasteiger partial charge in [-0.3, -0.25) is 9.59 Å². The minimum atomic E-state index is -0.178. The molecule has 0 aromatic carbocycles. The molecule has 8 heteroatoms. The van der Waals surface area contributed by atoms with Crippen molar-refractivity contribution in [3.05, 3.63) is 40.8 Å². The number of piperidine rings is 1. The van der Waals surface area contributed by atoms with Crippen LogP contribution in [0, 0.1) is 0 Å². The Labute approximate surface area is 133 Å². The third-order valence-corrected chi connectivity index (χ3v) is 4.02. The zero-order chi connectivity index (χ0) is 16.2. The lowest BCUT2D eigenvalue weighted by Gasteiger charge is -2.32. The summed E-state index contributed by atoms with van der Waals surface area (Å²) in [6.07, 6.45) is 5.85. The van der Waals surface area contributed by atoms with Crippen LogP contribution in [-0.4, -0.2) is 48.4 Å². The summed E-state index contributed by atoms with van der Waals surface area (Å²) in [6.45, 7) is 3.76. The molecule has 0 bridgehead atoms. The van der Waals surface area contributed by atoms with E-state index in [9.17, 15) is 9.59 Å². The normalized spacial score (nSPS) is 18.1. The third kappa shape index (κ3) is 3.30. The minimum Gasteiger partial charge on any atom is -0.335 e. The van der Waals surface area contributed by atoms with Gasteiger partial charge in [-0.1, -0.05) is 6.92 Å². The summed E-state index contributed by atoms with van der Waals surface area (Å²) in [4.78, 5) is 30.2. The minimum absolute atomic E-state index is 0.136. The molecule has 0 saturated carbocycles. The van der Waals surface area contributed by atoms with Crippen LogP contribution in [0.1, 0.15) is 42.7 Å². The first-order valence-electron chi connectivity index (χ1n) is 7.90. The van der Waals surface area contributed by atoms with Crippen molar-refractivity contribution in [1.29, 1.82) is 0 Å². The van der Waals surface area contributed by atoms with Gasteiger partial charge in [-0.2, -0.15) is 10.2 Å². The molecule has 8 nitrogen and oxygen atoms in total. The molecule has 0 aliphatic carbocycles. The Balaban J connectivity index is 1.77. The van der Waals surface area contributed by atoms with Crippen LogP contribution < -0.4 is 5.56 Å². The lowest BCUT2D eigenvalue weighted by Crippen LogP contribution is -2.41. The Bertz CT molecular complexity index is 724. The molecule has 0 spiro atoms. The molecular weight excluding hydrogens is 296 g/mol. The second-order valence-electron chi connectivity index (χ2n) is 5.70. The summed E-state index contributed by atoms with van der Waals surface area (Å²) in [5.41, 5.74) is 0.139. The van der Waals surface area contributed by atoms with Crippen LogP contribution in [0.3, 0.4) is 0 Å². The van der Waals surface area contributed by atoms with Crippen LogP contribution in [0.2, 0.25) is 0 Å². The van der Waals surface area contributed by atoms with Gasteiger partial charge < -0.3 is 4.90 Å². The molecule has 1 amide bonds. The summed E-state index contributed by atoms with van der Waals surface area (Å²) in [5, 5.41) is 8.37. The van der Waals surface area contributed by atoms with E-state index in [1.54, 1.807) is 15.9 Å². The number of carbonyl (C=O) groups excluding carboxylic acids is 1. The molecule has 1 atom stereocenters. The number of aryl methyl sites for hydroxylation is 1. The Kier molecular flexibility index (Phi) is 4.50. The molecule has 3 rings (SSSR count). The van der Waals surface area contributed by atoms with Gasteiger partial charge in [0.2, 0.25) is 0 Å². The van der Waals surface area contributed by atoms with Crippen molar-refractivity contribution in [2.45, 2.75) is 38.8 Å². The number of amides is 1. The Morgan fingerprint density at radius 1 is 1.39 bits per heavy atom. The van der Waals surface area contributed by atoms with Crippen LogP contribution in [0.5, 0.6) is 0 Å². The number of nitrogens with zero attached hydrogens (tertiary/aromatic N) is 6. The Hall–Kier alpha value is -2.51. The van der Waals surface area contributed by atoms with Crippen LogP contribution in [0.15, 0.2) is 29.6 Å². The standard InChI is InChI=1S/C15H20N6O2/c1-2-7-20-14(22)6-5-13(18-20)15(23)19-8-3-4-12(9-19)21-11-16-10-17-21/h5-6,10-12H,2-4,7-9H2,1H3/t12-/m1/s1. The predicted molar refractivity (Wildman–Crippen MR) is 83.0 cm³/mol. The molecule has 23 heavy (non-hydrogen) atoms. The highest BCUT2D eigenvalue weighted by atomic mass is 16.2. The van der Waals surface area contributed by atoms with E-state index in [4.69, 9.17) is 0 Å². The van der Waals surface area contributed by atoms with Crippen molar-refractivity contribution in [2.24, 2.45) is 0 Å². The monoisotopic (exact) mass is 316 g/mol. The van der Waals surface area contributed by atoms with Gasteiger partial charge in [-0.25, -0.2) is 14.3 Å². The molecule has 122 valence electrons. The number of rotatable bonds is 4. The molecule has 0 N–H and O–H groups in total.